The fourth-order valence-corrected chi connectivity index (χ4v) is 3.59. The number of benzene rings is 1. The van der Waals surface area contributed by atoms with Crippen LogP contribution < -0.4 is 0 Å². The maximum Gasteiger partial charge on any atom is 0.159 e. The summed E-state index contributed by atoms with van der Waals surface area (Å²) in [5.41, 5.74) is 5.94. The van der Waals surface area contributed by atoms with E-state index in [4.69, 9.17) is 4.98 Å². The molecule has 26 heavy (non-hydrogen) atoms. The second kappa shape index (κ2) is 6.35. The summed E-state index contributed by atoms with van der Waals surface area (Å²) >= 11 is 0. The number of nitrogens with one attached hydrogen (secondary N) is 1. The summed E-state index contributed by atoms with van der Waals surface area (Å²) in [5, 5.41) is 1.27. The molecule has 0 unspecified atom stereocenters. The van der Waals surface area contributed by atoms with Gasteiger partial charge in [-0.2, -0.15) is 0 Å². The summed E-state index contributed by atoms with van der Waals surface area (Å²) < 4.78 is 0. The van der Waals surface area contributed by atoms with E-state index in [-0.39, 0.29) is 0 Å². The molecule has 3 aromatic heterocycles. The molecule has 0 spiro atoms. The molecule has 0 bridgehead atoms. The minimum absolute atomic E-state index is 0.779. The van der Waals surface area contributed by atoms with Crippen molar-refractivity contribution in [1.82, 2.24) is 24.8 Å². The predicted octanol–water partition coefficient (Wildman–Crippen LogP) is 3.58. The van der Waals surface area contributed by atoms with E-state index in [0.717, 1.165) is 43.1 Å². The molecule has 4 aromatic rings. The number of fused-ring (bicyclic) bond motifs is 2. The Morgan fingerprint density at radius 3 is 2.92 bits per heavy atom. The van der Waals surface area contributed by atoms with E-state index in [1.807, 2.05) is 24.5 Å². The highest BCUT2D eigenvalue weighted by Crippen LogP contribution is 2.23. The Morgan fingerprint density at radius 2 is 2.00 bits per heavy atom. The lowest BCUT2D eigenvalue weighted by molar-refractivity contribution is 0.241. The van der Waals surface area contributed by atoms with Crippen molar-refractivity contribution >= 4 is 10.9 Å². The van der Waals surface area contributed by atoms with Crippen LogP contribution in [-0.2, 0) is 19.5 Å². The van der Waals surface area contributed by atoms with Gasteiger partial charge in [0.05, 0.1) is 5.69 Å². The standard InChI is InChI=1S/C21H19N5/c1-2-19-17(5-9-23-19)11-15(1)13-26-10-6-18-12-24-21(25-20(18)14-26)16-3-7-22-8-4-16/h1-5,7-9,11-12,23H,6,10,13-14H2. The lowest BCUT2D eigenvalue weighted by Crippen LogP contribution is -2.31. The molecule has 5 rings (SSSR count). The fraction of sp³-hybridized carbons (Fsp3) is 0.190. The topological polar surface area (TPSA) is 57.7 Å². The highest BCUT2D eigenvalue weighted by molar-refractivity contribution is 5.79. The first-order valence-corrected chi connectivity index (χ1v) is 8.89. The van der Waals surface area contributed by atoms with Gasteiger partial charge in [0.1, 0.15) is 0 Å². The van der Waals surface area contributed by atoms with E-state index in [1.165, 1.54) is 22.0 Å². The Kier molecular flexibility index (Phi) is 3.72. The third-order valence-corrected chi connectivity index (χ3v) is 4.99. The second-order valence-electron chi connectivity index (χ2n) is 6.76. The molecule has 5 heteroatoms. The van der Waals surface area contributed by atoms with Crippen molar-refractivity contribution in [1.29, 1.82) is 0 Å². The van der Waals surface area contributed by atoms with Gasteiger partial charge in [0.25, 0.3) is 0 Å². The largest absolute Gasteiger partial charge is 0.361 e. The van der Waals surface area contributed by atoms with Gasteiger partial charge in [-0.25, -0.2) is 9.97 Å². The number of aromatic amines is 1. The lowest BCUT2D eigenvalue weighted by atomic mass is 10.0. The summed E-state index contributed by atoms with van der Waals surface area (Å²) in [5.74, 6) is 0.779. The van der Waals surface area contributed by atoms with E-state index in [0.29, 0.717) is 0 Å². The zero-order valence-electron chi connectivity index (χ0n) is 14.4. The number of aromatic nitrogens is 4. The van der Waals surface area contributed by atoms with Gasteiger partial charge < -0.3 is 4.98 Å². The van der Waals surface area contributed by atoms with Crippen molar-refractivity contribution in [2.45, 2.75) is 19.5 Å². The zero-order valence-corrected chi connectivity index (χ0v) is 14.4. The monoisotopic (exact) mass is 341 g/mol. The number of pyridine rings is 1. The Balaban J connectivity index is 1.38. The summed E-state index contributed by atoms with van der Waals surface area (Å²) in [6, 6.07) is 12.7. The predicted molar refractivity (Wildman–Crippen MR) is 101 cm³/mol. The Hall–Kier alpha value is -3.05. The number of hydrogen-bond acceptors (Lipinski definition) is 4. The van der Waals surface area contributed by atoms with Gasteiger partial charge in [-0.3, -0.25) is 9.88 Å². The van der Waals surface area contributed by atoms with Crippen molar-refractivity contribution in [3.8, 4) is 11.4 Å². The minimum Gasteiger partial charge on any atom is -0.361 e. The van der Waals surface area contributed by atoms with Gasteiger partial charge >= 0.3 is 0 Å². The smallest absolute Gasteiger partial charge is 0.159 e. The van der Waals surface area contributed by atoms with Gasteiger partial charge in [0.15, 0.2) is 5.82 Å². The lowest BCUT2D eigenvalue weighted by Gasteiger charge is -2.28. The molecule has 4 heterocycles. The van der Waals surface area contributed by atoms with Crippen LogP contribution in [-0.4, -0.2) is 31.4 Å². The van der Waals surface area contributed by atoms with Gasteiger partial charge in [-0.15, -0.1) is 0 Å². The summed E-state index contributed by atoms with van der Waals surface area (Å²) in [7, 11) is 0. The number of H-pyrrole nitrogens is 1. The third-order valence-electron chi connectivity index (χ3n) is 4.99. The van der Waals surface area contributed by atoms with Gasteiger partial charge in [0, 0.05) is 55.5 Å². The molecule has 1 aromatic carbocycles. The second-order valence-corrected chi connectivity index (χ2v) is 6.76. The molecule has 128 valence electrons. The van der Waals surface area contributed by atoms with E-state index >= 15 is 0 Å². The van der Waals surface area contributed by atoms with Crippen LogP contribution in [0, 0.1) is 0 Å². The van der Waals surface area contributed by atoms with Crippen LogP contribution in [0.5, 0.6) is 0 Å². The van der Waals surface area contributed by atoms with Crippen molar-refractivity contribution in [3.05, 3.63) is 78.0 Å². The Bertz CT molecular complexity index is 1050. The average Bonchev–Trinajstić information content (AvgIpc) is 3.16. The first-order chi connectivity index (χ1) is 12.8. The van der Waals surface area contributed by atoms with Crippen LogP contribution in [0.4, 0.5) is 0 Å². The van der Waals surface area contributed by atoms with E-state index < -0.39 is 0 Å². The molecule has 0 aliphatic carbocycles. The zero-order chi connectivity index (χ0) is 17.3. The fourth-order valence-electron chi connectivity index (χ4n) is 3.59. The van der Waals surface area contributed by atoms with Gasteiger partial charge in [0.2, 0.25) is 0 Å². The highest BCUT2D eigenvalue weighted by Gasteiger charge is 2.19. The quantitative estimate of drug-likeness (QED) is 0.619. The van der Waals surface area contributed by atoms with Gasteiger partial charge in [-0.05, 0) is 53.3 Å². The molecule has 1 aliphatic heterocycles. The third kappa shape index (κ3) is 2.86. The number of nitrogens with zero attached hydrogens (tertiary/aromatic N) is 4. The van der Waals surface area contributed by atoms with Crippen LogP contribution in [0.1, 0.15) is 16.8 Å². The molecule has 0 radical (unpaired) electrons. The summed E-state index contributed by atoms with van der Waals surface area (Å²) in [6.45, 7) is 2.84. The molecule has 0 fully saturated rings. The van der Waals surface area contributed by atoms with Crippen molar-refractivity contribution in [3.63, 3.8) is 0 Å². The molecule has 0 saturated carbocycles. The van der Waals surface area contributed by atoms with Crippen LogP contribution in [0.2, 0.25) is 0 Å². The van der Waals surface area contributed by atoms with Crippen molar-refractivity contribution in [2.75, 3.05) is 6.54 Å². The maximum atomic E-state index is 4.83. The summed E-state index contributed by atoms with van der Waals surface area (Å²) in [6.07, 6.45) is 8.53. The molecule has 1 aliphatic rings. The normalized spacial score (nSPS) is 14.5. The first-order valence-electron chi connectivity index (χ1n) is 8.89. The van der Waals surface area contributed by atoms with Crippen LogP contribution in [0.3, 0.4) is 0 Å². The molecule has 0 atom stereocenters. The summed E-state index contributed by atoms with van der Waals surface area (Å²) in [4.78, 5) is 19.1. The van der Waals surface area contributed by atoms with Crippen LogP contribution in [0.25, 0.3) is 22.3 Å². The van der Waals surface area contributed by atoms with E-state index in [1.54, 1.807) is 12.4 Å². The molecular weight excluding hydrogens is 322 g/mol. The Labute approximate surface area is 151 Å². The van der Waals surface area contributed by atoms with E-state index in [2.05, 4.69) is 44.1 Å². The van der Waals surface area contributed by atoms with E-state index in [9.17, 15) is 0 Å². The van der Waals surface area contributed by atoms with Crippen LogP contribution in [0.15, 0.2) is 61.2 Å². The van der Waals surface area contributed by atoms with Crippen LogP contribution >= 0.6 is 0 Å². The van der Waals surface area contributed by atoms with Gasteiger partial charge in [-0.1, -0.05) is 6.07 Å². The highest BCUT2D eigenvalue weighted by atomic mass is 15.1. The number of rotatable bonds is 3. The first kappa shape index (κ1) is 15.2. The molecular formula is C21H19N5. The SMILES string of the molecule is c1cc(-c2ncc3c(n2)CN(Cc2ccc4[nH]ccc4c2)CC3)ccn1. The molecule has 1 N–H and O–H groups in total. The minimum atomic E-state index is 0.779. The van der Waals surface area contributed by atoms with Crippen molar-refractivity contribution in [2.24, 2.45) is 0 Å². The number of hydrogen-bond donors (Lipinski definition) is 1. The molecule has 5 nitrogen and oxygen atoms in total. The Morgan fingerprint density at radius 1 is 1.08 bits per heavy atom. The molecule has 0 saturated heterocycles. The average molecular weight is 341 g/mol. The molecule has 0 amide bonds. The maximum absolute atomic E-state index is 4.83. The van der Waals surface area contributed by atoms with Crippen molar-refractivity contribution < 1.29 is 0 Å².